The van der Waals surface area contributed by atoms with E-state index in [1.54, 1.807) is 35.5 Å². The molecule has 12 nitrogen and oxygen atoms in total. The number of ether oxygens (including phenoxy) is 1. The fourth-order valence-corrected chi connectivity index (χ4v) is 5.79. The number of aromatic nitrogens is 3. The van der Waals surface area contributed by atoms with E-state index < -0.39 is 10.0 Å². The van der Waals surface area contributed by atoms with E-state index in [2.05, 4.69) is 37.4 Å². The highest BCUT2D eigenvalue weighted by Crippen LogP contribution is 2.40. The number of methoxy groups -OCH3 is 1. The summed E-state index contributed by atoms with van der Waals surface area (Å²) in [4.78, 5) is 18.1. The van der Waals surface area contributed by atoms with Crippen molar-refractivity contribution in [3.63, 3.8) is 0 Å². The van der Waals surface area contributed by atoms with Gasteiger partial charge in [0.25, 0.3) is 5.91 Å². The number of aryl methyl sites for hydroxylation is 1. The normalized spacial score (nSPS) is 14.9. The number of rotatable bonds is 9. The minimum absolute atomic E-state index is 0.211. The van der Waals surface area contributed by atoms with Crippen LogP contribution in [0.4, 0.5) is 17.1 Å². The molecule has 0 spiro atoms. The first-order valence-corrected chi connectivity index (χ1v) is 16.5. The second kappa shape index (κ2) is 12.3. The van der Waals surface area contributed by atoms with E-state index in [0.717, 1.165) is 46.6 Å². The summed E-state index contributed by atoms with van der Waals surface area (Å²) >= 11 is 0. The average molecular weight is 631 g/mol. The standard InChI is InChI=1S/C32H38N8O4S/c1-8-27-23(18-34-40(27)29-11-9-10-14-33-29)26-19-39(38-36-26)28-15-21(13-12-20(28)2)31(41)35-24-16-22(32(3,4)5)17-25(30(24)44-6)37-45(7,42)43/h9-18,26,37H,8,19H2,1-7H3,(H,35,41). The molecule has 5 rings (SSSR count). The topological polar surface area (TPSA) is 143 Å². The largest absolute Gasteiger partial charge is 0.492 e. The van der Waals surface area contributed by atoms with Gasteiger partial charge in [-0.05, 0) is 66.3 Å². The van der Waals surface area contributed by atoms with Crippen molar-refractivity contribution in [2.24, 2.45) is 10.3 Å². The Bertz CT molecular complexity index is 1860. The Kier molecular flexibility index (Phi) is 8.66. The summed E-state index contributed by atoms with van der Waals surface area (Å²) in [6.07, 6.45) is 5.37. The van der Waals surface area contributed by atoms with Crippen molar-refractivity contribution >= 4 is 33.0 Å². The monoisotopic (exact) mass is 630 g/mol. The molecule has 0 saturated carbocycles. The van der Waals surface area contributed by atoms with Crippen LogP contribution in [0.25, 0.3) is 5.82 Å². The first-order chi connectivity index (χ1) is 21.3. The van der Waals surface area contributed by atoms with Gasteiger partial charge in [0.2, 0.25) is 10.0 Å². The summed E-state index contributed by atoms with van der Waals surface area (Å²) in [5, 5.41) is 18.3. The molecule has 1 aliphatic heterocycles. The van der Waals surface area contributed by atoms with Crippen LogP contribution in [0, 0.1) is 6.92 Å². The van der Waals surface area contributed by atoms with E-state index >= 15 is 0 Å². The fraction of sp³-hybridized carbons (Fsp3) is 0.344. The van der Waals surface area contributed by atoms with Crippen molar-refractivity contribution in [3.8, 4) is 11.6 Å². The second-order valence-corrected chi connectivity index (χ2v) is 13.7. The Balaban J connectivity index is 1.41. The first kappa shape index (κ1) is 31.6. The Morgan fingerprint density at radius 2 is 1.87 bits per heavy atom. The number of carbonyl (C=O) groups is 1. The van der Waals surface area contributed by atoms with Crippen molar-refractivity contribution in [1.82, 2.24) is 14.8 Å². The van der Waals surface area contributed by atoms with E-state index in [4.69, 9.17) is 4.74 Å². The number of amides is 1. The average Bonchev–Trinajstić information content (AvgIpc) is 3.64. The van der Waals surface area contributed by atoms with Gasteiger partial charge in [0.1, 0.15) is 6.04 Å². The summed E-state index contributed by atoms with van der Waals surface area (Å²) in [6.45, 7) is 10.5. The lowest BCUT2D eigenvalue weighted by Crippen LogP contribution is -2.20. The van der Waals surface area contributed by atoms with E-state index in [0.29, 0.717) is 17.8 Å². The molecule has 45 heavy (non-hydrogen) atoms. The number of benzene rings is 2. The Labute approximate surface area is 263 Å². The molecule has 0 saturated heterocycles. The van der Waals surface area contributed by atoms with Gasteiger partial charge in [-0.3, -0.25) is 9.52 Å². The van der Waals surface area contributed by atoms with E-state index in [1.165, 1.54) is 7.11 Å². The quantitative estimate of drug-likeness (QED) is 0.231. The van der Waals surface area contributed by atoms with Crippen LogP contribution in [0.15, 0.2) is 71.3 Å². The molecule has 2 N–H and O–H groups in total. The molecule has 236 valence electrons. The van der Waals surface area contributed by atoms with Gasteiger partial charge in [0.15, 0.2) is 11.6 Å². The summed E-state index contributed by atoms with van der Waals surface area (Å²) in [6, 6.07) is 14.4. The molecule has 0 aliphatic carbocycles. The summed E-state index contributed by atoms with van der Waals surface area (Å²) in [7, 11) is -2.18. The first-order valence-electron chi connectivity index (χ1n) is 14.6. The third-order valence-corrected chi connectivity index (χ3v) is 8.15. The van der Waals surface area contributed by atoms with Crippen molar-refractivity contribution < 1.29 is 17.9 Å². The van der Waals surface area contributed by atoms with Gasteiger partial charge in [-0.25, -0.2) is 23.1 Å². The zero-order valence-corrected chi connectivity index (χ0v) is 27.3. The van der Waals surface area contributed by atoms with Gasteiger partial charge >= 0.3 is 0 Å². The van der Waals surface area contributed by atoms with Crippen molar-refractivity contribution in [1.29, 1.82) is 0 Å². The highest BCUT2D eigenvalue weighted by molar-refractivity contribution is 7.92. The molecule has 3 heterocycles. The van der Waals surface area contributed by atoms with Crippen molar-refractivity contribution in [3.05, 3.63) is 88.9 Å². The molecule has 1 amide bonds. The second-order valence-electron chi connectivity index (χ2n) is 12.0. The molecule has 1 unspecified atom stereocenters. The Morgan fingerprint density at radius 3 is 2.51 bits per heavy atom. The highest BCUT2D eigenvalue weighted by Gasteiger charge is 2.28. The molecule has 0 fully saturated rings. The predicted octanol–water partition coefficient (Wildman–Crippen LogP) is 6.00. The van der Waals surface area contributed by atoms with Crippen LogP contribution in [0.2, 0.25) is 0 Å². The molecule has 2 aromatic carbocycles. The molecule has 1 aliphatic rings. The lowest BCUT2D eigenvalue weighted by Gasteiger charge is -2.24. The third-order valence-electron chi connectivity index (χ3n) is 7.56. The van der Waals surface area contributed by atoms with Gasteiger partial charge in [-0.15, -0.1) is 0 Å². The van der Waals surface area contributed by atoms with Gasteiger partial charge in [0, 0.05) is 17.3 Å². The molecule has 2 aromatic heterocycles. The fourth-order valence-electron chi connectivity index (χ4n) is 5.24. The van der Waals surface area contributed by atoms with E-state index in [9.17, 15) is 13.2 Å². The molecule has 4 aromatic rings. The van der Waals surface area contributed by atoms with Gasteiger partial charge < -0.3 is 10.1 Å². The van der Waals surface area contributed by atoms with Crippen LogP contribution in [0.3, 0.4) is 0 Å². The van der Waals surface area contributed by atoms with Crippen LogP contribution < -0.4 is 19.8 Å². The van der Waals surface area contributed by atoms with E-state index in [-0.39, 0.29) is 28.8 Å². The zero-order valence-electron chi connectivity index (χ0n) is 26.5. The third kappa shape index (κ3) is 6.83. The number of pyridine rings is 1. The smallest absolute Gasteiger partial charge is 0.255 e. The van der Waals surface area contributed by atoms with Gasteiger partial charge in [-0.1, -0.05) is 45.1 Å². The number of hydrogen-bond acceptors (Lipinski definition) is 9. The molecule has 13 heteroatoms. The Morgan fingerprint density at radius 1 is 1.11 bits per heavy atom. The maximum Gasteiger partial charge on any atom is 0.255 e. The maximum absolute atomic E-state index is 13.6. The minimum atomic E-state index is -3.61. The number of nitrogens with one attached hydrogen (secondary N) is 2. The number of anilines is 3. The maximum atomic E-state index is 13.6. The number of carbonyl (C=O) groups excluding carboxylic acids is 1. The lowest BCUT2D eigenvalue weighted by molar-refractivity contribution is 0.102. The van der Waals surface area contributed by atoms with Crippen molar-refractivity contribution in [2.45, 2.75) is 52.5 Å². The van der Waals surface area contributed by atoms with E-state index in [1.807, 2.05) is 62.8 Å². The number of sulfonamides is 1. The molecular formula is C32H38N8O4S. The highest BCUT2D eigenvalue weighted by atomic mass is 32.2. The van der Waals surface area contributed by atoms with Crippen LogP contribution in [-0.2, 0) is 21.9 Å². The van der Waals surface area contributed by atoms with Gasteiger partial charge in [0.05, 0.1) is 48.9 Å². The van der Waals surface area contributed by atoms with Crippen molar-refractivity contribution in [2.75, 3.05) is 35.0 Å². The molecular weight excluding hydrogens is 592 g/mol. The summed E-state index contributed by atoms with van der Waals surface area (Å²) in [5.74, 6) is 0.567. The van der Waals surface area contributed by atoms with Gasteiger partial charge in [-0.2, -0.15) is 10.2 Å². The van der Waals surface area contributed by atoms with Crippen LogP contribution in [0.5, 0.6) is 5.75 Å². The lowest BCUT2D eigenvalue weighted by atomic mass is 9.86. The van der Waals surface area contributed by atoms with Crippen LogP contribution in [-0.4, -0.2) is 49.0 Å². The van der Waals surface area contributed by atoms with Crippen LogP contribution >= 0.6 is 0 Å². The summed E-state index contributed by atoms with van der Waals surface area (Å²) < 4.78 is 34.1. The molecule has 0 bridgehead atoms. The molecule has 0 radical (unpaired) electrons. The predicted molar refractivity (Wildman–Crippen MR) is 175 cm³/mol. The number of nitrogens with zero attached hydrogens (tertiary/aromatic N) is 6. The minimum Gasteiger partial charge on any atom is -0.492 e. The zero-order chi connectivity index (χ0) is 32.5. The summed E-state index contributed by atoms with van der Waals surface area (Å²) in [5.41, 5.74) is 5.14. The SMILES string of the molecule is CCc1c(C2CN(c3cc(C(=O)Nc4cc(C(C)(C)C)cc(NS(C)(=O)=O)c4OC)ccc3C)N=N2)cnn1-c1ccccn1. The van der Waals surface area contributed by atoms with Crippen LogP contribution in [0.1, 0.15) is 66.5 Å². The Hall–Kier alpha value is -4.78. The number of hydrogen-bond donors (Lipinski definition) is 2. The molecule has 1 atom stereocenters.